The van der Waals surface area contributed by atoms with E-state index < -0.39 is 0 Å². The van der Waals surface area contributed by atoms with Crippen molar-refractivity contribution < 1.29 is 9.18 Å². The van der Waals surface area contributed by atoms with E-state index in [4.69, 9.17) is 11.6 Å². The molecule has 2 aromatic rings. The van der Waals surface area contributed by atoms with E-state index in [-0.39, 0.29) is 23.8 Å². The number of benzene rings is 1. The van der Waals surface area contributed by atoms with Crippen LogP contribution in [0.25, 0.3) is 0 Å². The van der Waals surface area contributed by atoms with E-state index in [0.29, 0.717) is 9.92 Å². The fraction of sp³-hybridized carbons (Fsp3) is 0.143. The molecule has 0 saturated carbocycles. The monoisotopic (exact) mass is 295 g/mol. The highest BCUT2D eigenvalue weighted by atomic mass is 35.5. The molecule has 2 nitrogen and oxygen atoms in total. The molecular weight excluding hydrogens is 285 g/mol. The number of halogens is 2. The van der Waals surface area contributed by atoms with Crippen molar-refractivity contribution in [2.45, 2.75) is 11.3 Å². The van der Waals surface area contributed by atoms with Crippen molar-refractivity contribution in [1.29, 1.82) is 0 Å². The van der Waals surface area contributed by atoms with Crippen LogP contribution in [0.1, 0.15) is 5.56 Å². The minimum absolute atomic E-state index is 0.00125. The second-order valence-corrected chi connectivity index (χ2v) is 5.33. The van der Waals surface area contributed by atoms with Gasteiger partial charge in [0.05, 0.1) is 10.8 Å². The first kappa shape index (κ1) is 14.0. The maximum absolute atomic E-state index is 13.4. The van der Waals surface area contributed by atoms with Gasteiger partial charge in [-0.3, -0.25) is 9.78 Å². The van der Waals surface area contributed by atoms with Crippen molar-refractivity contribution in [3.05, 3.63) is 59.1 Å². The van der Waals surface area contributed by atoms with E-state index in [0.717, 1.165) is 5.56 Å². The molecule has 1 aromatic heterocycles. The van der Waals surface area contributed by atoms with E-state index in [1.165, 1.54) is 24.0 Å². The number of Topliss-reactive ketones (excluding diaryl/α,β-unsaturated/α-hetero) is 1. The smallest absolute Gasteiger partial charge is 0.147 e. The number of pyridine rings is 1. The number of nitrogens with zero attached hydrogens (tertiary/aromatic N) is 1. The SMILES string of the molecule is O=C(CSc1ccccc1F)Cc1ccncc1Cl. The molecule has 0 fully saturated rings. The summed E-state index contributed by atoms with van der Waals surface area (Å²) in [6.07, 6.45) is 3.34. The number of carbonyl (C=O) groups excluding carboxylic acids is 1. The van der Waals surface area contributed by atoms with Gasteiger partial charge in [0.2, 0.25) is 0 Å². The van der Waals surface area contributed by atoms with E-state index >= 15 is 0 Å². The number of carbonyl (C=O) groups is 1. The number of rotatable bonds is 5. The molecule has 19 heavy (non-hydrogen) atoms. The number of aromatic nitrogens is 1. The van der Waals surface area contributed by atoms with Gasteiger partial charge in [-0.05, 0) is 23.8 Å². The molecule has 0 saturated heterocycles. The van der Waals surface area contributed by atoms with Crippen LogP contribution in [-0.4, -0.2) is 16.5 Å². The van der Waals surface area contributed by atoms with Crippen LogP contribution in [0.5, 0.6) is 0 Å². The van der Waals surface area contributed by atoms with Gasteiger partial charge in [0, 0.05) is 23.7 Å². The first-order chi connectivity index (χ1) is 9.16. The molecule has 1 heterocycles. The van der Waals surface area contributed by atoms with Crippen LogP contribution >= 0.6 is 23.4 Å². The molecule has 0 radical (unpaired) electrons. The average molecular weight is 296 g/mol. The van der Waals surface area contributed by atoms with Crippen LogP contribution in [0, 0.1) is 5.82 Å². The van der Waals surface area contributed by atoms with Gasteiger partial charge in [-0.15, -0.1) is 11.8 Å². The van der Waals surface area contributed by atoms with Gasteiger partial charge in [0.25, 0.3) is 0 Å². The molecule has 1 aromatic carbocycles. The Morgan fingerprint density at radius 2 is 2.11 bits per heavy atom. The summed E-state index contributed by atoms with van der Waals surface area (Å²) >= 11 is 7.13. The maximum Gasteiger partial charge on any atom is 0.147 e. The van der Waals surface area contributed by atoms with Crippen molar-refractivity contribution in [3.8, 4) is 0 Å². The quantitative estimate of drug-likeness (QED) is 0.786. The van der Waals surface area contributed by atoms with Crippen molar-refractivity contribution in [1.82, 2.24) is 4.98 Å². The van der Waals surface area contributed by atoms with Crippen molar-refractivity contribution in [2.75, 3.05) is 5.75 Å². The summed E-state index contributed by atoms with van der Waals surface area (Å²) in [6.45, 7) is 0. The van der Waals surface area contributed by atoms with Crippen LogP contribution in [0.2, 0.25) is 5.02 Å². The van der Waals surface area contributed by atoms with Crippen LogP contribution in [0.3, 0.4) is 0 Å². The zero-order chi connectivity index (χ0) is 13.7. The second kappa shape index (κ2) is 6.68. The van der Waals surface area contributed by atoms with Crippen LogP contribution in [-0.2, 0) is 11.2 Å². The minimum atomic E-state index is -0.303. The third-order valence-corrected chi connectivity index (χ3v) is 3.92. The molecule has 2 rings (SSSR count). The average Bonchev–Trinajstić information content (AvgIpc) is 2.40. The molecule has 0 atom stereocenters. The summed E-state index contributed by atoms with van der Waals surface area (Å²) in [7, 11) is 0. The largest absolute Gasteiger partial charge is 0.298 e. The summed E-state index contributed by atoms with van der Waals surface area (Å²) in [4.78, 5) is 16.2. The topological polar surface area (TPSA) is 30.0 Å². The standard InChI is InChI=1S/C14H11ClFNOS/c15-12-8-17-6-5-10(12)7-11(18)9-19-14-4-2-1-3-13(14)16/h1-6,8H,7,9H2. The lowest BCUT2D eigenvalue weighted by molar-refractivity contribution is -0.116. The Hall–Kier alpha value is -1.39. The molecule has 98 valence electrons. The zero-order valence-corrected chi connectivity index (χ0v) is 11.5. The Balaban J connectivity index is 1.92. The van der Waals surface area contributed by atoms with Crippen molar-refractivity contribution in [2.24, 2.45) is 0 Å². The Morgan fingerprint density at radius 3 is 2.84 bits per heavy atom. The predicted molar refractivity (Wildman–Crippen MR) is 75.1 cm³/mol. The molecule has 0 N–H and O–H groups in total. The molecular formula is C14H11ClFNOS. The Bertz CT molecular complexity index is 591. The molecule has 0 aliphatic heterocycles. The molecule has 0 amide bonds. The van der Waals surface area contributed by atoms with E-state index in [1.807, 2.05) is 0 Å². The highest BCUT2D eigenvalue weighted by Crippen LogP contribution is 2.22. The molecule has 5 heteroatoms. The highest BCUT2D eigenvalue weighted by Gasteiger charge is 2.09. The third-order valence-electron chi connectivity index (χ3n) is 2.47. The molecule has 0 spiro atoms. The Morgan fingerprint density at radius 1 is 1.32 bits per heavy atom. The number of hydrogen-bond donors (Lipinski definition) is 0. The second-order valence-electron chi connectivity index (χ2n) is 3.90. The zero-order valence-electron chi connectivity index (χ0n) is 9.98. The fourth-order valence-electron chi connectivity index (χ4n) is 1.53. The molecule has 0 bridgehead atoms. The third kappa shape index (κ3) is 4.04. The van der Waals surface area contributed by atoms with Gasteiger partial charge in [-0.1, -0.05) is 23.7 Å². The summed E-state index contributed by atoms with van der Waals surface area (Å²) in [5.74, 6) is -0.0804. The minimum Gasteiger partial charge on any atom is -0.298 e. The highest BCUT2D eigenvalue weighted by molar-refractivity contribution is 8.00. The van der Waals surface area contributed by atoms with Crippen molar-refractivity contribution in [3.63, 3.8) is 0 Å². The lowest BCUT2D eigenvalue weighted by Crippen LogP contribution is -2.06. The van der Waals surface area contributed by atoms with E-state index in [2.05, 4.69) is 4.98 Å². The summed E-state index contributed by atoms with van der Waals surface area (Å²) in [6, 6.07) is 8.13. The molecule has 0 aliphatic rings. The number of hydrogen-bond acceptors (Lipinski definition) is 3. The van der Waals surface area contributed by atoms with Gasteiger partial charge < -0.3 is 0 Å². The Kier molecular flexibility index (Phi) is 4.93. The van der Waals surface area contributed by atoms with Crippen LogP contribution in [0.15, 0.2) is 47.6 Å². The van der Waals surface area contributed by atoms with Crippen LogP contribution < -0.4 is 0 Å². The van der Waals surface area contributed by atoms with Crippen molar-refractivity contribution >= 4 is 29.1 Å². The van der Waals surface area contributed by atoms with Gasteiger partial charge in [0.1, 0.15) is 11.6 Å². The fourth-order valence-corrected chi connectivity index (χ4v) is 2.52. The first-order valence-corrected chi connectivity index (χ1v) is 7.00. The van der Waals surface area contributed by atoms with E-state index in [9.17, 15) is 9.18 Å². The summed E-state index contributed by atoms with van der Waals surface area (Å²) in [5, 5.41) is 0.478. The summed E-state index contributed by atoms with van der Waals surface area (Å²) < 4.78 is 13.4. The van der Waals surface area contributed by atoms with Gasteiger partial charge in [-0.2, -0.15) is 0 Å². The lowest BCUT2D eigenvalue weighted by atomic mass is 10.1. The maximum atomic E-state index is 13.4. The number of thioether (sulfide) groups is 1. The van der Waals surface area contributed by atoms with Gasteiger partial charge >= 0.3 is 0 Å². The van der Waals surface area contributed by atoms with Gasteiger partial charge in [0.15, 0.2) is 0 Å². The first-order valence-electron chi connectivity index (χ1n) is 5.64. The lowest BCUT2D eigenvalue weighted by Gasteiger charge is -2.04. The molecule has 0 unspecified atom stereocenters. The van der Waals surface area contributed by atoms with Gasteiger partial charge in [-0.25, -0.2) is 4.39 Å². The number of ketones is 1. The van der Waals surface area contributed by atoms with E-state index in [1.54, 1.807) is 30.5 Å². The Labute approximate surface area is 120 Å². The summed E-state index contributed by atoms with van der Waals surface area (Å²) in [5.41, 5.74) is 0.746. The molecule has 0 aliphatic carbocycles. The normalized spacial score (nSPS) is 10.4. The predicted octanol–water partition coefficient (Wildman–Crippen LogP) is 3.78. The van der Waals surface area contributed by atoms with Crippen LogP contribution in [0.4, 0.5) is 4.39 Å².